The number of aromatic nitrogens is 9. The van der Waals surface area contributed by atoms with Crippen LogP contribution in [0, 0.1) is 13.5 Å². The van der Waals surface area contributed by atoms with Crippen LogP contribution < -0.4 is 0 Å². The van der Waals surface area contributed by atoms with Gasteiger partial charge in [-0.05, 0) is 6.92 Å². The van der Waals surface area contributed by atoms with Crippen molar-refractivity contribution in [3.05, 3.63) is 53.6 Å². The first-order valence-electron chi connectivity index (χ1n) is 9.06. The summed E-state index contributed by atoms with van der Waals surface area (Å²) in [4.78, 5) is 14.1. The fourth-order valence-corrected chi connectivity index (χ4v) is 3.01. The van der Waals surface area contributed by atoms with Gasteiger partial charge in [-0.15, -0.1) is 15.2 Å². The van der Waals surface area contributed by atoms with E-state index in [0.29, 0.717) is 22.9 Å². The van der Waals surface area contributed by atoms with Crippen molar-refractivity contribution in [1.29, 1.82) is 0 Å². The first kappa shape index (κ1) is 18.8. The van der Waals surface area contributed by atoms with Gasteiger partial charge in [0.15, 0.2) is 23.0 Å². The monoisotopic (exact) mass is 428 g/mol. The summed E-state index contributed by atoms with van der Waals surface area (Å²) >= 11 is 0. The van der Waals surface area contributed by atoms with E-state index in [1.165, 1.54) is 6.20 Å². The average molecular weight is 428 g/mol. The molecule has 4 heterocycles. The van der Waals surface area contributed by atoms with Gasteiger partial charge < -0.3 is 10.2 Å². The Hall–Kier alpha value is -5.19. The van der Waals surface area contributed by atoms with E-state index in [4.69, 9.17) is 6.57 Å². The molecular formula is C18H12N12O2. The molecule has 0 bridgehead atoms. The number of aromatic hydroxyl groups is 2. The Labute approximate surface area is 178 Å². The fraction of sp³-hybridized carbons (Fsp3) is 0.0556. The number of rotatable bonds is 4. The van der Waals surface area contributed by atoms with Crippen LogP contribution in [0.5, 0.6) is 12.0 Å². The van der Waals surface area contributed by atoms with Gasteiger partial charge in [-0.2, -0.15) is 34.5 Å². The topological polar surface area (TPSA) is 172 Å². The summed E-state index contributed by atoms with van der Waals surface area (Å²) in [7, 11) is 0. The minimum atomic E-state index is -0.713. The molecule has 0 radical (unpaired) electrons. The van der Waals surface area contributed by atoms with Crippen molar-refractivity contribution >= 4 is 22.8 Å². The highest BCUT2D eigenvalue weighted by atomic mass is 16.3. The van der Waals surface area contributed by atoms with E-state index in [9.17, 15) is 10.2 Å². The molecule has 14 heteroatoms. The normalized spacial score (nSPS) is 11.4. The van der Waals surface area contributed by atoms with E-state index >= 15 is 0 Å². The molecule has 5 aromatic rings. The largest absolute Gasteiger partial charge is 0.479 e. The lowest BCUT2D eigenvalue weighted by atomic mass is 10.2. The van der Waals surface area contributed by atoms with Crippen molar-refractivity contribution < 1.29 is 10.2 Å². The van der Waals surface area contributed by atoms with Crippen LogP contribution in [0.2, 0.25) is 0 Å². The lowest BCUT2D eigenvalue weighted by molar-refractivity contribution is 0.379. The average Bonchev–Trinajstić information content (AvgIpc) is 3.45. The summed E-state index contributed by atoms with van der Waals surface area (Å²) in [6.07, 6.45) is 1.24. The van der Waals surface area contributed by atoms with Crippen LogP contribution in [0.1, 0.15) is 5.69 Å². The predicted octanol–water partition coefficient (Wildman–Crippen LogP) is 2.78. The van der Waals surface area contributed by atoms with E-state index in [2.05, 4.69) is 50.4 Å². The summed E-state index contributed by atoms with van der Waals surface area (Å²) in [5, 5.41) is 43.2. The molecule has 0 saturated heterocycles. The van der Waals surface area contributed by atoms with Gasteiger partial charge >= 0.3 is 12.0 Å². The molecule has 0 fully saturated rings. The Kier molecular flexibility index (Phi) is 4.26. The zero-order valence-electron chi connectivity index (χ0n) is 16.3. The molecule has 0 atom stereocenters. The second-order valence-corrected chi connectivity index (χ2v) is 6.42. The van der Waals surface area contributed by atoms with Gasteiger partial charge in [0.1, 0.15) is 0 Å². The zero-order chi connectivity index (χ0) is 22.2. The number of nitrogens with zero attached hydrogens (tertiary/aromatic N) is 11. The number of fused-ring (bicyclic) bond motifs is 1. The number of aryl methyl sites for hydroxylation is 1. The first-order chi connectivity index (χ1) is 15.5. The molecule has 0 amide bonds. The minimum absolute atomic E-state index is 0.00783. The molecule has 0 aliphatic carbocycles. The van der Waals surface area contributed by atoms with Crippen LogP contribution in [0.25, 0.3) is 27.8 Å². The van der Waals surface area contributed by atoms with E-state index < -0.39 is 12.0 Å². The third kappa shape index (κ3) is 3.06. The summed E-state index contributed by atoms with van der Waals surface area (Å²) in [5.41, 5.74) is 2.42. The van der Waals surface area contributed by atoms with Gasteiger partial charge in [0.2, 0.25) is 0 Å². The smallest absolute Gasteiger partial charge is 0.321 e. The molecule has 156 valence electrons. The molecule has 4 aromatic heterocycles. The van der Waals surface area contributed by atoms with Crippen LogP contribution in [-0.2, 0) is 0 Å². The standard InChI is InChI=1S/C18H12N12O2/c1-9-12(15-27-25-13(29(15)28-9)10-6-4-3-5-7-10)24-26-14-11(19-2)8-20-30(14)16-21-17(31)23-18(32)22-16/h3-8,27H,1H3,(H2,21,22,23,31,32)/b26-24+. The number of azo groups is 1. The summed E-state index contributed by atoms with van der Waals surface area (Å²) in [5.74, 6) is 0.364. The third-order valence-corrected chi connectivity index (χ3v) is 4.41. The van der Waals surface area contributed by atoms with Gasteiger partial charge in [-0.3, -0.25) is 5.10 Å². The van der Waals surface area contributed by atoms with Gasteiger partial charge in [0.25, 0.3) is 11.6 Å². The van der Waals surface area contributed by atoms with Crippen molar-refractivity contribution in [2.45, 2.75) is 6.92 Å². The molecule has 0 aliphatic rings. The molecule has 14 nitrogen and oxygen atoms in total. The zero-order valence-corrected chi connectivity index (χ0v) is 16.3. The fourth-order valence-electron chi connectivity index (χ4n) is 3.01. The second-order valence-electron chi connectivity index (χ2n) is 6.42. The lowest BCUT2D eigenvalue weighted by Gasteiger charge is -2.02. The Morgan fingerprint density at radius 1 is 1.06 bits per heavy atom. The highest BCUT2D eigenvalue weighted by Gasteiger charge is 2.19. The second kappa shape index (κ2) is 7.25. The van der Waals surface area contributed by atoms with Crippen LogP contribution in [0.15, 0.2) is 46.8 Å². The molecule has 5 rings (SSSR count). The number of nitrogens with one attached hydrogen (secondary N) is 1. The van der Waals surface area contributed by atoms with Crippen molar-refractivity contribution in [3.63, 3.8) is 0 Å². The SMILES string of the molecule is [C-]#[N+]c1cnn(-c2nc(O)nc(O)n2)c1/N=N/c1c(C)nn2c(-c3ccccc3)n[nH]c12. The number of hydrogen-bond acceptors (Lipinski definition) is 10. The van der Waals surface area contributed by atoms with Crippen LogP contribution in [0.4, 0.5) is 17.2 Å². The maximum atomic E-state index is 9.54. The Morgan fingerprint density at radius 3 is 2.53 bits per heavy atom. The van der Waals surface area contributed by atoms with Crippen LogP contribution in [-0.4, -0.2) is 54.8 Å². The molecule has 0 saturated carbocycles. The highest BCUT2D eigenvalue weighted by Crippen LogP contribution is 2.33. The third-order valence-electron chi connectivity index (χ3n) is 4.41. The summed E-state index contributed by atoms with van der Waals surface area (Å²) < 4.78 is 2.67. The van der Waals surface area contributed by atoms with E-state index in [1.807, 2.05) is 30.3 Å². The quantitative estimate of drug-likeness (QED) is 0.289. The molecule has 3 N–H and O–H groups in total. The number of benzene rings is 1. The van der Waals surface area contributed by atoms with Crippen molar-refractivity contribution in [2.24, 2.45) is 10.2 Å². The first-order valence-corrected chi connectivity index (χ1v) is 9.06. The Balaban J connectivity index is 1.60. The van der Waals surface area contributed by atoms with Gasteiger partial charge in [0, 0.05) is 5.56 Å². The van der Waals surface area contributed by atoms with Gasteiger partial charge in [-0.1, -0.05) is 30.3 Å². The van der Waals surface area contributed by atoms with Crippen molar-refractivity contribution in [2.75, 3.05) is 0 Å². The molecular weight excluding hydrogens is 416 g/mol. The number of hydrogen-bond donors (Lipinski definition) is 3. The maximum Gasteiger partial charge on any atom is 0.321 e. The van der Waals surface area contributed by atoms with Crippen molar-refractivity contribution in [3.8, 4) is 29.4 Å². The Bertz CT molecular complexity index is 1500. The van der Waals surface area contributed by atoms with Crippen LogP contribution >= 0.6 is 0 Å². The summed E-state index contributed by atoms with van der Waals surface area (Å²) in [6, 6.07) is 8.10. The Morgan fingerprint density at radius 2 is 1.81 bits per heavy atom. The molecule has 1 aromatic carbocycles. The number of H-pyrrole nitrogens is 1. The van der Waals surface area contributed by atoms with Gasteiger partial charge in [0.05, 0.1) is 18.5 Å². The summed E-state index contributed by atoms with van der Waals surface area (Å²) in [6.45, 7) is 9.12. The lowest BCUT2D eigenvalue weighted by Crippen LogP contribution is -2.03. The van der Waals surface area contributed by atoms with Crippen LogP contribution in [0.3, 0.4) is 0 Å². The van der Waals surface area contributed by atoms with E-state index in [-0.39, 0.29) is 17.5 Å². The minimum Gasteiger partial charge on any atom is -0.479 e. The highest BCUT2D eigenvalue weighted by molar-refractivity contribution is 5.71. The molecule has 0 spiro atoms. The predicted molar refractivity (Wildman–Crippen MR) is 108 cm³/mol. The molecule has 0 unspecified atom stereocenters. The van der Waals surface area contributed by atoms with E-state index in [0.717, 1.165) is 10.2 Å². The van der Waals surface area contributed by atoms with E-state index in [1.54, 1.807) is 11.4 Å². The number of aromatic amines is 1. The van der Waals surface area contributed by atoms with Crippen molar-refractivity contribution in [1.82, 2.24) is 44.5 Å². The maximum absolute atomic E-state index is 9.54. The molecule has 32 heavy (non-hydrogen) atoms. The van der Waals surface area contributed by atoms with Gasteiger partial charge in [-0.25, -0.2) is 4.85 Å². The molecule has 0 aliphatic heterocycles.